The first kappa shape index (κ1) is 66.6. The number of amides is 2. The van der Waals surface area contributed by atoms with Crippen molar-refractivity contribution in [2.45, 2.75) is 97.6 Å². The third-order valence-electron chi connectivity index (χ3n) is 15.5. The van der Waals surface area contributed by atoms with Gasteiger partial charge in [-0.2, -0.15) is 26.3 Å². The summed E-state index contributed by atoms with van der Waals surface area (Å²) in [6, 6.07) is 16.2. The second kappa shape index (κ2) is 26.0. The van der Waals surface area contributed by atoms with E-state index < -0.39 is 153 Å². The monoisotopic (exact) mass is 1290 g/mol. The number of hydrogen-bond acceptors (Lipinski definition) is 14. The molecule has 2 aliphatic heterocycles. The van der Waals surface area contributed by atoms with Crippen LogP contribution in [0.3, 0.4) is 0 Å². The largest absolute Gasteiger partial charge is 0.522 e. The van der Waals surface area contributed by atoms with E-state index in [1.807, 2.05) is 0 Å². The molecule has 6 aromatic rings. The van der Waals surface area contributed by atoms with Crippen molar-refractivity contribution in [1.29, 1.82) is 0 Å². The van der Waals surface area contributed by atoms with Crippen molar-refractivity contribution < 1.29 is 98.8 Å². The van der Waals surface area contributed by atoms with Crippen LogP contribution in [0.15, 0.2) is 131 Å². The van der Waals surface area contributed by atoms with Gasteiger partial charge in [0.25, 0.3) is 11.8 Å². The Morgan fingerprint density at radius 3 is 1.23 bits per heavy atom. The van der Waals surface area contributed by atoms with Gasteiger partial charge in [0.1, 0.15) is 23.0 Å². The molecule has 0 spiro atoms. The number of hydrogen-bond donors (Lipinski definition) is 3. The third kappa shape index (κ3) is 15.2. The van der Waals surface area contributed by atoms with Crippen LogP contribution in [0.4, 0.5) is 64.3 Å². The molecule has 8 rings (SSSR count). The number of anilines is 2. The van der Waals surface area contributed by atoms with Crippen molar-refractivity contribution in [1.82, 2.24) is 14.9 Å². The number of ether oxygens (including phenoxy) is 2. The van der Waals surface area contributed by atoms with E-state index in [0.29, 0.717) is 0 Å². The summed E-state index contributed by atoms with van der Waals surface area (Å²) in [5.41, 5.74) is 2.14. The number of nitrogens with two attached hydrogens (primary N) is 1. The Bertz CT molecular complexity index is 3610. The summed E-state index contributed by atoms with van der Waals surface area (Å²) < 4.78 is 225. The van der Waals surface area contributed by atoms with Gasteiger partial charge in [0, 0.05) is 24.9 Å². The molecule has 88 heavy (non-hydrogen) atoms. The van der Waals surface area contributed by atoms with E-state index in [1.165, 1.54) is 72.2 Å². The number of pyridine rings is 2. The number of aromatic nitrogens is 2. The van der Waals surface area contributed by atoms with Gasteiger partial charge in [-0.1, -0.05) is 62.4 Å². The molecule has 4 N–H and O–H groups in total. The third-order valence-corrected chi connectivity index (χ3v) is 19.0. The minimum absolute atomic E-state index is 0.0428. The van der Waals surface area contributed by atoms with E-state index in [2.05, 4.69) is 9.47 Å². The normalized spacial score (nSPS) is 18.6. The Morgan fingerprint density at radius 1 is 0.557 bits per heavy atom. The lowest BCUT2D eigenvalue weighted by Crippen LogP contribution is -2.42. The molecule has 0 aliphatic carbocycles. The first-order valence-corrected chi connectivity index (χ1v) is 30.3. The van der Waals surface area contributed by atoms with Crippen molar-refractivity contribution in [2.75, 3.05) is 60.8 Å². The van der Waals surface area contributed by atoms with Crippen LogP contribution in [0.5, 0.6) is 0 Å². The molecule has 2 aliphatic rings. The number of nitrogens with zero attached hydrogens (tertiary/aromatic N) is 5. The summed E-state index contributed by atoms with van der Waals surface area (Å²) in [6.45, 7) is -1.96. The molecule has 0 radical (unpaired) electrons. The minimum Gasteiger partial charge on any atom is -0.394 e. The van der Waals surface area contributed by atoms with Crippen LogP contribution in [0.1, 0.15) is 105 Å². The lowest BCUT2D eigenvalue weighted by molar-refractivity contribution is -0.326. The zero-order chi connectivity index (χ0) is 64.5. The first-order chi connectivity index (χ1) is 41.2. The maximum absolute atomic E-state index is 16.1. The van der Waals surface area contributed by atoms with E-state index in [9.17, 15) is 84.5 Å². The molecule has 0 bridgehead atoms. The summed E-state index contributed by atoms with van der Waals surface area (Å²) in [7, 11) is -7.70. The maximum Gasteiger partial charge on any atom is 0.522 e. The molecule has 2 amide bonds. The molecule has 0 saturated carbocycles. The zero-order valence-electron chi connectivity index (χ0n) is 46.4. The fourth-order valence-electron chi connectivity index (χ4n) is 10.9. The van der Waals surface area contributed by atoms with Gasteiger partial charge in [0.15, 0.2) is 19.7 Å². The van der Waals surface area contributed by atoms with Crippen molar-refractivity contribution in [3.63, 3.8) is 0 Å². The average molecular weight is 1290 g/mol. The van der Waals surface area contributed by atoms with Crippen LogP contribution in [-0.4, -0.2) is 130 Å². The molecule has 0 unspecified atom stereocenters. The molecule has 2 fully saturated rings. The van der Waals surface area contributed by atoms with Crippen LogP contribution in [-0.2, 0) is 41.5 Å². The van der Waals surface area contributed by atoms with Gasteiger partial charge in [0.05, 0.1) is 94.1 Å². The SMILES string of the molecule is CCS(=O)(=O)c1ccc([C@H](CO)N(C(=O)c2ccc(N3C[C@@H](c4ccc(C(F)(F)F)cc4)C[C@H]3COC(F)(F)F)nc2-c2nc(N3C[C@H](c4ccc(C(F)(F)F)cc4)C[C@H]3COC(F)(F)F)ccc2C(N)=O)[C@@H](CO)c2ccc(S(=O)(=O)CC)cc2)cc1. The number of halogens is 12. The molecule has 6 atom stereocenters. The van der Waals surface area contributed by atoms with Crippen LogP contribution in [0, 0.1) is 0 Å². The number of rotatable bonds is 21. The van der Waals surface area contributed by atoms with Crippen molar-refractivity contribution in [3.05, 3.63) is 166 Å². The van der Waals surface area contributed by atoms with Gasteiger partial charge in [-0.15, -0.1) is 26.3 Å². The van der Waals surface area contributed by atoms with Crippen LogP contribution in [0.25, 0.3) is 11.4 Å². The van der Waals surface area contributed by atoms with E-state index >= 15 is 4.79 Å². The summed E-state index contributed by atoms with van der Waals surface area (Å²) in [5, 5.41) is 22.7. The quantitative estimate of drug-likeness (QED) is 0.0571. The fourth-order valence-corrected chi connectivity index (χ4v) is 12.7. The molecule has 4 heterocycles. The van der Waals surface area contributed by atoms with Gasteiger partial charge in [-0.25, -0.2) is 26.8 Å². The number of aliphatic hydroxyl groups excluding tert-OH is 2. The van der Waals surface area contributed by atoms with Crippen LogP contribution in [0.2, 0.25) is 0 Å². The lowest BCUT2D eigenvalue weighted by Gasteiger charge is -2.38. The molecular formula is C58H56F12N6O10S2. The predicted octanol–water partition coefficient (Wildman–Crippen LogP) is 10.6. The number of sulfone groups is 2. The number of carbonyl (C=O) groups excluding carboxylic acids is 2. The van der Waals surface area contributed by atoms with Gasteiger partial charge in [-0.05, 0) is 108 Å². The second-order valence-corrected chi connectivity index (χ2v) is 25.3. The van der Waals surface area contributed by atoms with Crippen molar-refractivity contribution in [3.8, 4) is 11.4 Å². The average Bonchev–Trinajstić information content (AvgIpc) is 1.27. The van der Waals surface area contributed by atoms with Gasteiger partial charge >= 0.3 is 25.1 Å². The second-order valence-electron chi connectivity index (χ2n) is 20.8. The number of carbonyl (C=O) groups is 2. The minimum atomic E-state index is -5.22. The molecule has 2 aromatic heterocycles. The Labute approximate surface area is 496 Å². The standard InChI is InChI=1S/C58H56F12N6O10S2/c1-3-87(81,82)43-17-9-35(10-18-43)47(29-77)76(48(30-78)36-11-19-44(20-12-36)88(83,84)4-2)54(80)46-22-24-50(75-28-38(26-42(75)32-86-58(68,69)70)34-7-15-40(16-8-34)56(62,63)64)73-52(46)51-45(53(71)79)21-23-49(72-51)74-27-37(25-41(74)31-85-57(65,66)67)33-5-13-39(14-6-33)55(59,60)61/h5-24,37-38,41-42,47-48,77-78H,3-4,25-32H2,1-2H3,(H2,71,79)/t37-,38+,41+,42+,47+,48+/m1/s1. The Morgan fingerprint density at radius 2 is 0.909 bits per heavy atom. The van der Waals surface area contributed by atoms with Gasteiger partial charge < -0.3 is 30.6 Å². The Kier molecular flexibility index (Phi) is 19.7. The predicted molar refractivity (Wildman–Crippen MR) is 294 cm³/mol. The summed E-state index contributed by atoms with van der Waals surface area (Å²) in [4.78, 5) is 42.4. The van der Waals surface area contributed by atoms with Crippen LogP contribution >= 0.6 is 0 Å². The molecule has 4 aromatic carbocycles. The zero-order valence-corrected chi connectivity index (χ0v) is 48.0. The summed E-state index contributed by atoms with van der Waals surface area (Å²) >= 11 is 0. The van der Waals surface area contributed by atoms with E-state index in [-0.39, 0.29) is 81.1 Å². The fraction of sp³-hybridized carbons (Fsp3) is 0.379. The summed E-state index contributed by atoms with van der Waals surface area (Å²) in [5.74, 6) is -5.32. The van der Waals surface area contributed by atoms with Crippen molar-refractivity contribution in [2.24, 2.45) is 5.73 Å². The number of benzene rings is 4. The topological polar surface area (TPSA) is 223 Å². The highest BCUT2D eigenvalue weighted by Crippen LogP contribution is 2.43. The number of primary amides is 1. The highest BCUT2D eigenvalue weighted by molar-refractivity contribution is 7.91. The Balaban J connectivity index is 1.36. The van der Waals surface area contributed by atoms with Crippen molar-refractivity contribution >= 4 is 43.1 Å². The summed E-state index contributed by atoms with van der Waals surface area (Å²) in [6.07, 6.45) is -20.3. The molecular weight excluding hydrogens is 1230 g/mol. The highest BCUT2D eigenvalue weighted by atomic mass is 32.2. The Hall–Kier alpha value is -7.38. The molecule has 474 valence electrons. The number of alkyl halides is 12. The van der Waals surface area contributed by atoms with Gasteiger partial charge in [0.2, 0.25) is 0 Å². The molecule has 30 heteroatoms. The first-order valence-electron chi connectivity index (χ1n) is 27.0. The van der Waals surface area contributed by atoms with E-state index in [1.54, 1.807) is 0 Å². The molecule has 2 saturated heterocycles. The smallest absolute Gasteiger partial charge is 0.394 e. The maximum atomic E-state index is 16.1. The molecule has 16 nitrogen and oxygen atoms in total. The lowest BCUT2D eigenvalue weighted by atomic mass is 9.95. The number of aliphatic hydroxyl groups is 2. The van der Waals surface area contributed by atoms with E-state index in [0.717, 1.165) is 77.7 Å². The highest BCUT2D eigenvalue weighted by Gasteiger charge is 2.43. The van der Waals surface area contributed by atoms with E-state index in [4.69, 9.17) is 15.7 Å². The van der Waals surface area contributed by atoms with Gasteiger partial charge in [-0.3, -0.25) is 19.1 Å². The van der Waals surface area contributed by atoms with Crippen LogP contribution < -0.4 is 15.5 Å².